The van der Waals surface area contributed by atoms with E-state index in [1.165, 1.54) is 17.0 Å². The molecule has 0 N–H and O–H groups in total. The zero-order chi connectivity index (χ0) is 29.2. The summed E-state index contributed by atoms with van der Waals surface area (Å²) >= 11 is 1.41. The second kappa shape index (κ2) is 11.5. The van der Waals surface area contributed by atoms with Crippen LogP contribution in [0.3, 0.4) is 0 Å². The van der Waals surface area contributed by atoms with Crippen LogP contribution in [0, 0.1) is 6.92 Å². The van der Waals surface area contributed by atoms with Crippen molar-refractivity contribution in [2.24, 2.45) is 17.1 Å². The maximum Gasteiger partial charge on any atom is 0.297 e. The summed E-state index contributed by atoms with van der Waals surface area (Å²) < 4.78 is 11.4. The smallest absolute Gasteiger partial charge is 0.297 e. The molecule has 0 saturated carbocycles. The van der Waals surface area contributed by atoms with Gasteiger partial charge in [0.25, 0.3) is 5.56 Å². The Kier molecular flexibility index (Phi) is 7.50. The molecule has 0 atom stereocenters. The van der Waals surface area contributed by atoms with Gasteiger partial charge >= 0.3 is 0 Å². The van der Waals surface area contributed by atoms with E-state index in [4.69, 9.17) is 14.5 Å². The molecule has 3 heterocycles. The van der Waals surface area contributed by atoms with E-state index in [0.29, 0.717) is 16.2 Å². The van der Waals surface area contributed by atoms with Crippen molar-refractivity contribution in [1.82, 2.24) is 14.0 Å². The Morgan fingerprint density at radius 1 is 0.952 bits per heavy atom. The molecule has 0 aliphatic rings. The number of para-hydroxylation sites is 2. The highest BCUT2D eigenvalue weighted by atomic mass is 32.1. The summed E-state index contributed by atoms with van der Waals surface area (Å²) in [4.78, 5) is 21.4. The summed E-state index contributed by atoms with van der Waals surface area (Å²) in [5.74, 6) is 0.675. The van der Waals surface area contributed by atoms with Crippen molar-refractivity contribution in [2.45, 2.75) is 20.8 Å². The molecule has 0 radical (unpaired) electrons. The van der Waals surface area contributed by atoms with Crippen LogP contribution in [0.25, 0.3) is 28.1 Å². The topological polar surface area (TPSA) is 73.0 Å². The van der Waals surface area contributed by atoms with Crippen LogP contribution >= 0.6 is 11.3 Å². The van der Waals surface area contributed by atoms with E-state index in [9.17, 15) is 4.79 Å². The summed E-state index contributed by atoms with van der Waals surface area (Å²) in [6.07, 6.45) is 1.81. The van der Waals surface area contributed by atoms with Gasteiger partial charge in [-0.05, 0) is 62.7 Å². The van der Waals surface area contributed by atoms with E-state index in [0.717, 1.165) is 46.7 Å². The van der Waals surface area contributed by atoms with Crippen molar-refractivity contribution >= 4 is 39.9 Å². The molecule has 0 unspecified atom stereocenters. The molecule has 3 aromatic carbocycles. The van der Waals surface area contributed by atoms with Crippen molar-refractivity contribution in [3.63, 3.8) is 0 Å². The third-order valence-electron chi connectivity index (χ3n) is 7.44. The average Bonchev–Trinajstić information content (AvgIpc) is 3.69. The Labute approximate surface area is 247 Å². The largest absolute Gasteiger partial charge is 0.454 e. The molecule has 6 rings (SSSR count). The second-order valence-corrected chi connectivity index (χ2v) is 10.7. The maximum atomic E-state index is 13.6. The van der Waals surface area contributed by atoms with Gasteiger partial charge in [0.15, 0.2) is 11.4 Å². The first-order chi connectivity index (χ1) is 20.5. The van der Waals surface area contributed by atoms with Gasteiger partial charge in [-0.15, -0.1) is 11.3 Å². The summed E-state index contributed by atoms with van der Waals surface area (Å²) in [5.41, 5.74) is 5.39. The van der Waals surface area contributed by atoms with Crippen LogP contribution in [0.2, 0.25) is 0 Å². The number of nitrogens with zero attached hydrogens (tertiary/aromatic N) is 6. The third-order valence-corrected chi connectivity index (χ3v) is 8.25. The lowest BCUT2D eigenvalue weighted by Crippen LogP contribution is -2.21. The van der Waals surface area contributed by atoms with Crippen LogP contribution in [0.5, 0.6) is 0 Å². The summed E-state index contributed by atoms with van der Waals surface area (Å²) in [7, 11) is 1.87. The number of hydrogen-bond donors (Lipinski definition) is 0. The zero-order valence-corrected chi connectivity index (χ0v) is 24.9. The molecule has 0 fully saturated rings. The van der Waals surface area contributed by atoms with Crippen LogP contribution in [0.4, 0.5) is 11.4 Å². The minimum Gasteiger partial charge on any atom is -0.454 e. The molecule has 3 aromatic heterocycles. The number of aromatic nitrogens is 3. The molecular formula is C33H32N6O2S. The summed E-state index contributed by atoms with van der Waals surface area (Å²) in [5, 5.41) is 7.83. The van der Waals surface area contributed by atoms with Gasteiger partial charge in [0.05, 0.1) is 17.6 Å². The Morgan fingerprint density at radius 2 is 1.67 bits per heavy atom. The van der Waals surface area contributed by atoms with E-state index < -0.39 is 0 Å². The van der Waals surface area contributed by atoms with Crippen molar-refractivity contribution in [2.75, 3.05) is 18.0 Å². The van der Waals surface area contributed by atoms with Crippen LogP contribution in [0.15, 0.2) is 110 Å². The van der Waals surface area contributed by atoms with Crippen molar-refractivity contribution in [3.8, 4) is 17.1 Å². The molecule has 6 aromatic rings. The fourth-order valence-electron chi connectivity index (χ4n) is 5.03. The van der Waals surface area contributed by atoms with Gasteiger partial charge in [-0.2, -0.15) is 5.10 Å². The van der Waals surface area contributed by atoms with E-state index in [1.807, 2.05) is 90.9 Å². The fraction of sp³-hybridized carbons (Fsp3) is 0.182. The number of thiazole rings is 1. The number of hydrogen-bond acceptors (Lipinski definition) is 6. The normalized spacial score (nSPS) is 12.1. The number of benzene rings is 3. The van der Waals surface area contributed by atoms with Crippen molar-refractivity contribution in [1.29, 1.82) is 0 Å². The Morgan fingerprint density at radius 3 is 2.38 bits per heavy atom. The fourth-order valence-corrected chi connectivity index (χ4v) is 5.85. The maximum absolute atomic E-state index is 13.6. The van der Waals surface area contributed by atoms with E-state index in [-0.39, 0.29) is 5.56 Å². The van der Waals surface area contributed by atoms with E-state index in [1.54, 1.807) is 9.36 Å². The Balaban J connectivity index is 1.48. The van der Waals surface area contributed by atoms with Gasteiger partial charge in [-0.25, -0.2) is 14.4 Å². The lowest BCUT2D eigenvalue weighted by Gasteiger charge is -2.20. The van der Waals surface area contributed by atoms with Crippen LogP contribution < -0.4 is 15.3 Å². The number of anilines is 1. The predicted octanol–water partition coefficient (Wildman–Crippen LogP) is 6.72. The molecule has 212 valence electrons. The van der Waals surface area contributed by atoms with Gasteiger partial charge in [-0.1, -0.05) is 48.5 Å². The molecule has 9 heteroatoms. The highest BCUT2D eigenvalue weighted by molar-refractivity contribution is 7.07. The number of rotatable bonds is 8. The minimum atomic E-state index is -0.192. The predicted molar refractivity (Wildman–Crippen MR) is 171 cm³/mol. The molecule has 0 saturated heterocycles. The number of fused-ring (bicyclic) bond motifs is 1. The first-order valence-electron chi connectivity index (χ1n) is 14.0. The minimum absolute atomic E-state index is 0.192. The summed E-state index contributed by atoms with van der Waals surface area (Å²) in [6.45, 7) is 8.11. The van der Waals surface area contributed by atoms with Gasteiger partial charge < -0.3 is 9.32 Å². The van der Waals surface area contributed by atoms with Crippen LogP contribution in [-0.4, -0.2) is 33.3 Å². The third kappa shape index (κ3) is 5.03. The van der Waals surface area contributed by atoms with Crippen LogP contribution in [-0.2, 0) is 7.05 Å². The average molecular weight is 577 g/mol. The zero-order valence-electron chi connectivity index (χ0n) is 24.1. The molecule has 0 aliphatic heterocycles. The summed E-state index contributed by atoms with van der Waals surface area (Å²) in [6, 6.07) is 27.8. The SMILES string of the molecule is CCN(CC)c1ccc(C=Nn2c(-c3cc4ccccc4o3)csc2=Nc2c(C)n(C)n(-c3ccccc3)c2=O)cc1. The number of furan rings is 1. The van der Waals surface area contributed by atoms with Gasteiger partial charge in [0.1, 0.15) is 11.3 Å². The molecule has 42 heavy (non-hydrogen) atoms. The monoisotopic (exact) mass is 576 g/mol. The molecule has 0 aliphatic carbocycles. The molecular weight excluding hydrogens is 544 g/mol. The van der Waals surface area contributed by atoms with Crippen molar-refractivity contribution in [3.05, 3.63) is 117 Å². The molecule has 0 spiro atoms. The van der Waals surface area contributed by atoms with Crippen LogP contribution in [0.1, 0.15) is 25.1 Å². The van der Waals surface area contributed by atoms with E-state index >= 15 is 0 Å². The Hall–Kier alpha value is -4.89. The molecule has 0 bridgehead atoms. The first-order valence-corrected chi connectivity index (χ1v) is 14.8. The quantitative estimate of drug-likeness (QED) is 0.189. The Bertz CT molecular complexity index is 1970. The van der Waals surface area contributed by atoms with Gasteiger partial charge in [-0.3, -0.25) is 9.48 Å². The highest BCUT2D eigenvalue weighted by Crippen LogP contribution is 2.28. The van der Waals surface area contributed by atoms with Gasteiger partial charge in [0, 0.05) is 36.6 Å². The van der Waals surface area contributed by atoms with Gasteiger partial charge in [0.2, 0.25) is 4.80 Å². The highest BCUT2D eigenvalue weighted by Gasteiger charge is 2.18. The van der Waals surface area contributed by atoms with Crippen molar-refractivity contribution < 1.29 is 4.42 Å². The lowest BCUT2D eigenvalue weighted by atomic mass is 10.2. The molecule has 8 nitrogen and oxygen atoms in total. The lowest BCUT2D eigenvalue weighted by molar-refractivity contribution is 0.622. The first kappa shape index (κ1) is 27.3. The standard InChI is InChI=1S/C33H32N6O2S/c1-5-37(6-2)26-18-16-24(17-19-26)21-34-38-28(30-20-25-12-10-11-15-29(25)41-30)22-42-33(38)35-31-23(3)36(4)39(32(31)40)27-13-8-7-9-14-27/h7-22H,5-6H2,1-4H3. The second-order valence-electron chi connectivity index (χ2n) is 9.89. The molecule has 0 amide bonds. The van der Waals surface area contributed by atoms with E-state index in [2.05, 4.69) is 43.0 Å².